The second kappa shape index (κ2) is 8.90. The van der Waals surface area contributed by atoms with Gasteiger partial charge in [-0.25, -0.2) is 4.79 Å². The third kappa shape index (κ3) is 8.17. The fraction of sp³-hybridized carbons (Fsp3) is 0.471. The van der Waals surface area contributed by atoms with Crippen molar-refractivity contribution in [2.24, 2.45) is 5.73 Å². The molecule has 1 unspecified atom stereocenters. The van der Waals surface area contributed by atoms with E-state index in [-0.39, 0.29) is 6.42 Å². The van der Waals surface area contributed by atoms with Gasteiger partial charge in [-0.15, -0.1) is 0 Å². The molecule has 7 nitrogen and oxygen atoms in total. The molecule has 3 amide bonds. The average molecular weight is 335 g/mol. The van der Waals surface area contributed by atoms with Crippen LogP contribution in [0.4, 0.5) is 4.79 Å². The number of primary amides is 1. The Bertz CT molecular complexity index is 567. The Labute approximate surface area is 141 Å². The largest absolute Gasteiger partial charge is 0.444 e. The molecule has 0 saturated carbocycles. The molecule has 1 atom stereocenters. The van der Waals surface area contributed by atoms with Crippen LogP contribution in [0.1, 0.15) is 32.8 Å². The highest BCUT2D eigenvalue weighted by atomic mass is 16.6. The third-order valence-electron chi connectivity index (χ3n) is 2.97. The van der Waals surface area contributed by atoms with E-state index in [4.69, 9.17) is 10.5 Å². The first-order valence-electron chi connectivity index (χ1n) is 7.77. The first-order chi connectivity index (χ1) is 11.2. The van der Waals surface area contributed by atoms with Gasteiger partial charge in [-0.1, -0.05) is 30.3 Å². The van der Waals surface area contributed by atoms with Crippen molar-refractivity contribution in [3.8, 4) is 0 Å². The lowest BCUT2D eigenvalue weighted by molar-refractivity contribution is -0.127. The van der Waals surface area contributed by atoms with Crippen molar-refractivity contribution in [1.82, 2.24) is 10.6 Å². The fourth-order valence-corrected chi connectivity index (χ4v) is 1.96. The van der Waals surface area contributed by atoms with Gasteiger partial charge in [0.25, 0.3) is 0 Å². The minimum atomic E-state index is -1.06. The number of carbonyl (C=O) groups excluding carboxylic acids is 3. The molecule has 0 aliphatic rings. The topological polar surface area (TPSA) is 111 Å². The zero-order valence-corrected chi connectivity index (χ0v) is 14.3. The maximum absolute atomic E-state index is 12.2. The van der Waals surface area contributed by atoms with Crippen LogP contribution in [-0.4, -0.2) is 36.1 Å². The van der Waals surface area contributed by atoms with Crippen LogP contribution in [0.3, 0.4) is 0 Å². The molecule has 4 N–H and O–H groups in total. The summed E-state index contributed by atoms with van der Waals surface area (Å²) < 4.78 is 5.09. The zero-order valence-electron chi connectivity index (χ0n) is 14.3. The highest BCUT2D eigenvalue weighted by Gasteiger charge is 2.25. The summed E-state index contributed by atoms with van der Waals surface area (Å²) in [7, 11) is 0. The molecule has 1 rings (SSSR count). The minimum Gasteiger partial charge on any atom is -0.444 e. The Morgan fingerprint density at radius 2 is 1.79 bits per heavy atom. The molecular weight excluding hydrogens is 310 g/mol. The van der Waals surface area contributed by atoms with Crippen LogP contribution in [0.25, 0.3) is 0 Å². The number of hydrogen-bond acceptors (Lipinski definition) is 4. The van der Waals surface area contributed by atoms with E-state index in [0.717, 1.165) is 5.56 Å². The molecule has 132 valence electrons. The molecule has 0 aliphatic carbocycles. The van der Waals surface area contributed by atoms with E-state index in [1.807, 2.05) is 30.3 Å². The van der Waals surface area contributed by atoms with Gasteiger partial charge in [-0.2, -0.15) is 0 Å². The number of rotatable bonds is 7. The van der Waals surface area contributed by atoms with Crippen molar-refractivity contribution in [3.63, 3.8) is 0 Å². The minimum absolute atomic E-state index is 0.295. The van der Waals surface area contributed by atoms with Gasteiger partial charge >= 0.3 is 6.09 Å². The number of benzene rings is 1. The summed E-state index contributed by atoms with van der Waals surface area (Å²) in [5, 5.41) is 5.07. The van der Waals surface area contributed by atoms with Gasteiger partial charge in [0.15, 0.2) is 0 Å². The summed E-state index contributed by atoms with van der Waals surface area (Å²) in [6.45, 7) is 5.49. The van der Waals surface area contributed by atoms with Gasteiger partial charge in [0.1, 0.15) is 11.6 Å². The maximum Gasteiger partial charge on any atom is 0.408 e. The zero-order chi connectivity index (χ0) is 18.2. The van der Waals surface area contributed by atoms with E-state index >= 15 is 0 Å². The van der Waals surface area contributed by atoms with E-state index in [1.165, 1.54) is 0 Å². The lowest BCUT2D eigenvalue weighted by Crippen LogP contribution is -2.50. The van der Waals surface area contributed by atoms with Crippen molar-refractivity contribution in [3.05, 3.63) is 35.9 Å². The number of hydrogen-bond donors (Lipinski definition) is 3. The van der Waals surface area contributed by atoms with E-state index < -0.39 is 29.6 Å². The summed E-state index contributed by atoms with van der Waals surface area (Å²) in [5.74, 6) is -1.16. The maximum atomic E-state index is 12.2. The highest BCUT2D eigenvalue weighted by Crippen LogP contribution is 2.07. The number of amides is 3. The lowest BCUT2D eigenvalue weighted by Gasteiger charge is -2.22. The predicted octanol–water partition coefficient (Wildman–Crippen LogP) is 1.11. The van der Waals surface area contributed by atoms with Crippen LogP contribution in [-0.2, 0) is 20.7 Å². The number of nitrogens with one attached hydrogen (secondary N) is 2. The van der Waals surface area contributed by atoms with Crippen LogP contribution in [0.2, 0.25) is 0 Å². The molecule has 1 aromatic rings. The molecule has 0 bridgehead atoms. The monoisotopic (exact) mass is 335 g/mol. The van der Waals surface area contributed by atoms with Crippen molar-refractivity contribution in [2.45, 2.75) is 45.3 Å². The summed E-state index contributed by atoms with van der Waals surface area (Å²) in [4.78, 5) is 35.1. The van der Waals surface area contributed by atoms with Crippen molar-refractivity contribution < 1.29 is 19.1 Å². The Hall–Kier alpha value is -2.57. The summed E-state index contributed by atoms with van der Waals surface area (Å²) in [6.07, 6.45) is -0.425. The van der Waals surface area contributed by atoms with E-state index in [1.54, 1.807) is 20.8 Å². The summed E-state index contributed by atoms with van der Waals surface area (Å²) in [6, 6.07) is 8.58. The molecular formula is C17H25N3O4. The SMILES string of the molecule is CC(C)(C)OC(=O)NC(CC(N)=O)C(=O)NCCc1ccccc1. The van der Waals surface area contributed by atoms with Crippen LogP contribution in [0.15, 0.2) is 30.3 Å². The molecule has 0 saturated heterocycles. The Morgan fingerprint density at radius 1 is 1.17 bits per heavy atom. The van der Waals surface area contributed by atoms with Crippen LogP contribution in [0, 0.1) is 0 Å². The number of alkyl carbamates (subject to hydrolysis) is 1. The quantitative estimate of drug-likeness (QED) is 0.693. The Kier molecular flexibility index (Phi) is 7.23. The molecule has 7 heteroatoms. The number of ether oxygens (including phenoxy) is 1. The smallest absolute Gasteiger partial charge is 0.408 e. The van der Waals surface area contributed by atoms with Gasteiger partial charge < -0.3 is 21.1 Å². The third-order valence-corrected chi connectivity index (χ3v) is 2.97. The molecule has 0 fully saturated rings. The molecule has 24 heavy (non-hydrogen) atoms. The molecule has 0 aliphatic heterocycles. The van der Waals surface area contributed by atoms with Crippen molar-refractivity contribution >= 4 is 17.9 Å². The van der Waals surface area contributed by atoms with Gasteiger partial charge in [0.05, 0.1) is 6.42 Å². The molecule has 0 heterocycles. The molecule has 0 radical (unpaired) electrons. The van der Waals surface area contributed by atoms with E-state index in [9.17, 15) is 14.4 Å². The lowest BCUT2D eigenvalue weighted by atomic mass is 10.1. The molecule has 0 aromatic heterocycles. The average Bonchev–Trinajstić information content (AvgIpc) is 2.45. The molecule has 1 aromatic carbocycles. The van der Waals surface area contributed by atoms with Crippen LogP contribution in [0.5, 0.6) is 0 Å². The van der Waals surface area contributed by atoms with E-state index in [0.29, 0.717) is 13.0 Å². The normalized spacial score (nSPS) is 12.1. The van der Waals surface area contributed by atoms with Gasteiger partial charge in [-0.05, 0) is 32.8 Å². The van der Waals surface area contributed by atoms with Gasteiger partial charge in [0, 0.05) is 6.54 Å². The standard InChI is InChI=1S/C17H25N3O4/c1-17(2,3)24-16(23)20-13(11-14(18)21)15(22)19-10-9-12-7-5-4-6-8-12/h4-8,13H,9-11H2,1-3H3,(H2,18,21)(H,19,22)(H,20,23). The number of nitrogens with two attached hydrogens (primary N) is 1. The highest BCUT2D eigenvalue weighted by molar-refractivity contribution is 5.90. The van der Waals surface area contributed by atoms with E-state index in [2.05, 4.69) is 10.6 Å². The summed E-state index contributed by atoms with van der Waals surface area (Å²) >= 11 is 0. The van der Waals surface area contributed by atoms with Crippen LogP contribution >= 0.6 is 0 Å². The van der Waals surface area contributed by atoms with Crippen LogP contribution < -0.4 is 16.4 Å². The van der Waals surface area contributed by atoms with Crippen molar-refractivity contribution in [2.75, 3.05) is 6.54 Å². The number of carbonyl (C=O) groups is 3. The summed E-state index contributed by atoms with van der Waals surface area (Å²) in [5.41, 5.74) is 5.51. The van der Waals surface area contributed by atoms with Gasteiger partial charge in [-0.3, -0.25) is 9.59 Å². The van der Waals surface area contributed by atoms with Crippen molar-refractivity contribution in [1.29, 1.82) is 0 Å². The second-order valence-electron chi connectivity index (χ2n) is 6.40. The first-order valence-corrected chi connectivity index (χ1v) is 7.77. The van der Waals surface area contributed by atoms with Gasteiger partial charge in [0.2, 0.25) is 11.8 Å². The Morgan fingerprint density at radius 3 is 2.33 bits per heavy atom. The fourth-order valence-electron chi connectivity index (χ4n) is 1.96. The predicted molar refractivity (Wildman–Crippen MR) is 90.1 cm³/mol. The first kappa shape index (κ1) is 19.5. The molecule has 0 spiro atoms. The second-order valence-corrected chi connectivity index (χ2v) is 6.40. The Balaban J connectivity index is 2.54.